The minimum atomic E-state index is -0.943. The smallest absolute Gasteiger partial charge is 0.336 e. The van der Waals surface area contributed by atoms with Gasteiger partial charge in [0.05, 0.1) is 19.3 Å². The Balaban J connectivity index is 2.16. The number of dihydropyridines is 1. The van der Waals surface area contributed by atoms with E-state index < -0.39 is 23.8 Å². The summed E-state index contributed by atoms with van der Waals surface area (Å²) in [5.74, 6) is -3.40. The highest BCUT2D eigenvalue weighted by molar-refractivity contribution is 6.12. The van der Waals surface area contributed by atoms with Crippen LogP contribution < -0.4 is 5.32 Å². The van der Waals surface area contributed by atoms with Gasteiger partial charge in [0.25, 0.3) is 0 Å². The number of carbonyl (C=O) groups is 3. The molecule has 1 aliphatic heterocycles. The van der Waals surface area contributed by atoms with Gasteiger partial charge in [-0.05, 0) is 43.4 Å². The first-order valence-corrected chi connectivity index (χ1v) is 10.1. The molecule has 0 aromatic heterocycles. The highest BCUT2D eigenvalue weighted by Gasteiger charge is 2.47. The molecule has 2 aliphatic rings. The maximum Gasteiger partial charge on any atom is 0.336 e. The van der Waals surface area contributed by atoms with E-state index in [2.05, 4.69) is 5.32 Å². The fourth-order valence-corrected chi connectivity index (χ4v) is 4.26. The number of ether oxygens (including phenoxy) is 2. The minimum Gasteiger partial charge on any atom is -0.508 e. The molecule has 0 unspecified atom stereocenters. The van der Waals surface area contributed by atoms with E-state index in [1.54, 1.807) is 19.1 Å². The fraction of sp³-hybridized carbons (Fsp3) is 0.435. The number of aromatic hydroxyl groups is 1. The predicted molar refractivity (Wildman–Crippen MR) is 109 cm³/mol. The van der Waals surface area contributed by atoms with Crippen molar-refractivity contribution >= 4 is 17.7 Å². The Morgan fingerprint density at radius 1 is 1.30 bits per heavy atom. The molecule has 3 rings (SSSR count). The largest absolute Gasteiger partial charge is 0.508 e. The zero-order valence-electron chi connectivity index (χ0n) is 17.7. The topological polar surface area (TPSA) is 102 Å². The average molecular weight is 413 g/mol. The molecule has 1 heterocycles. The van der Waals surface area contributed by atoms with Gasteiger partial charge in [-0.2, -0.15) is 0 Å². The molecule has 0 amide bonds. The number of benzene rings is 1. The van der Waals surface area contributed by atoms with Gasteiger partial charge in [0.2, 0.25) is 0 Å². The van der Waals surface area contributed by atoms with Crippen LogP contribution in [-0.2, 0) is 23.9 Å². The number of methoxy groups -OCH3 is 1. The Labute approximate surface area is 175 Å². The van der Waals surface area contributed by atoms with Crippen LogP contribution in [0, 0.1) is 11.8 Å². The monoisotopic (exact) mass is 413 g/mol. The third-order valence-corrected chi connectivity index (χ3v) is 5.60. The van der Waals surface area contributed by atoms with E-state index in [4.69, 9.17) is 9.47 Å². The van der Waals surface area contributed by atoms with Crippen LogP contribution in [-0.4, -0.2) is 36.5 Å². The summed E-state index contributed by atoms with van der Waals surface area (Å²) in [6.45, 7) is 5.75. The first-order chi connectivity index (χ1) is 14.3. The van der Waals surface area contributed by atoms with Gasteiger partial charge in [0, 0.05) is 22.9 Å². The lowest BCUT2D eigenvalue weighted by Gasteiger charge is -2.38. The van der Waals surface area contributed by atoms with E-state index in [0.29, 0.717) is 40.9 Å². The number of hydrogen-bond acceptors (Lipinski definition) is 7. The Bertz CT molecular complexity index is 945. The molecule has 0 bridgehead atoms. The number of allylic oxidation sites excluding steroid dienone is 3. The molecule has 3 atom stereocenters. The van der Waals surface area contributed by atoms with Crippen LogP contribution in [0.4, 0.5) is 0 Å². The number of hydrogen-bond donors (Lipinski definition) is 2. The molecule has 7 nitrogen and oxygen atoms in total. The molecule has 2 N–H and O–H groups in total. The quantitative estimate of drug-likeness (QED) is 0.565. The van der Waals surface area contributed by atoms with Crippen molar-refractivity contribution in [3.05, 3.63) is 52.4 Å². The maximum atomic E-state index is 13.5. The van der Waals surface area contributed by atoms with Crippen LogP contribution in [0.15, 0.2) is 46.8 Å². The summed E-state index contributed by atoms with van der Waals surface area (Å²) < 4.78 is 10.3. The normalized spacial score (nSPS) is 23.6. The van der Waals surface area contributed by atoms with Crippen molar-refractivity contribution in [1.82, 2.24) is 5.32 Å². The Morgan fingerprint density at radius 3 is 2.67 bits per heavy atom. The number of nitrogens with one attached hydrogen (secondary N) is 1. The van der Waals surface area contributed by atoms with E-state index in [1.807, 2.05) is 13.8 Å². The van der Waals surface area contributed by atoms with Crippen LogP contribution in [0.3, 0.4) is 0 Å². The minimum absolute atomic E-state index is 0.0215. The van der Waals surface area contributed by atoms with Gasteiger partial charge in [0.1, 0.15) is 11.7 Å². The first-order valence-electron chi connectivity index (χ1n) is 10.1. The lowest BCUT2D eigenvalue weighted by Crippen LogP contribution is -2.43. The van der Waals surface area contributed by atoms with Crippen molar-refractivity contribution in [2.45, 2.75) is 39.5 Å². The van der Waals surface area contributed by atoms with Gasteiger partial charge in [-0.1, -0.05) is 26.0 Å². The van der Waals surface area contributed by atoms with Crippen LogP contribution in [0.5, 0.6) is 5.75 Å². The second-order valence-electron chi connectivity index (χ2n) is 7.77. The number of phenolic OH excluding ortho intramolecular Hbond substituents is 1. The molecule has 7 heteroatoms. The van der Waals surface area contributed by atoms with Crippen LogP contribution in [0.25, 0.3) is 0 Å². The van der Waals surface area contributed by atoms with Crippen molar-refractivity contribution in [2.24, 2.45) is 11.8 Å². The molecule has 160 valence electrons. The summed E-state index contributed by atoms with van der Waals surface area (Å²) in [6, 6.07) is 6.46. The molecule has 0 fully saturated rings. The summed E-state index contributed by atoms with van der Waals surface area (Å²) in [5.41, 5.74) is 2.52. The molecular formula is C23H27NO6. The Hall–Kier alpha value is -3.09. The number of esters is 2. The number of rotatable bonds is 5. The summed E-state index contributed by atoms with van der Waals surface area (Å²) in [7, 11) is 1.26. The van der Waals surface area contributed by atoms with Gasteiger partial charge < -0.3 is 19.9 Å². The molecule has 1 aliphatic carbocycles. The molecular weight excluding hydrogens is 386 g/mol. The molecule has 1 aromatic rings. The second kappa shape index (κ2) is 8.73. The van der Waals surface area contributed by atoms with Crippen molar-refractivity contribution in [1.29, 1.82) is 0 Å². The summed E-state index contributed by atoms with van der Waals surface area (Å²) in [4.78, 5) is 38.8. The molecule has 0 saturated heterocycles. The molecule has 0 radical (unpaired) electrons. The first kappa shape index (κ1) is 21.6. The van der Waals surface area contributed by atoms with E-state index in [9.17, 15) is 19.5 Å². The van der Waals surface area contributed by atoms with Crippen molar-refractivity contribution in [3.8, 4) is 5.75 Å². The number of Topliss-reactive ketones (excluding diaryl/α,β-unsaturated/α-hetero) is 1. The Morgan fingerprint density at radius 2 is 2.03 bits per heavy atom. The SMILES string of the molecule is CCCOC(=O)C1=C(C)NC2=C(C(=O)[C@@H](C(=O)OC)[C@@H](C)C2)[C@@H]1c1cccc(O)c1. The van der Waals surface area contributed by atoms with E-state index >= 15 is 0 Å². The number of ketones is 1. The number of carbonyl (C=O) groups excluding carboxylic acids is 3. The van der Waals surface area contributed by atoms with Crippen molar-refractivity contribution in [2.75, 3.05) is 13.7 Å². The van der Waals surface area contributed by atoms with Crippen molar-refractivity contribution in [3.63, 3.8) is 0 Å². The van der Waals surface area contributed by atoms with Gasteiger partial charge in [-0.15, -0.1) is 0 Å². The summed E-state index contributed by atoms with van der Waals surface area (Å²) >= 11 is 0. The predicted octanol–water partition coefficient (Wildman–Crippen LogP) is 2.96. The van der Waals surface area contributed by atoms with E-state index in [0.717, 1.165) is 0 Å². The van der Waals surface area contributed by atoms with Crippen LogP contribution in [0.2, 0.25) is 0 Å². The summed E-state index contributed by atoms with van der Waals surface area (Å²) in [5, 5.41) is 13.2. The van der Waals surface area contributed by atoms with Crippen molar-refractivity contribution < 1.29 is 29.0 Å². The summed E-state index contributed by atoms with van der Waals surface area (Å²) in [6.07, 6.45) is 1.13. The zero-order valence-corrected chi connectivity index (χ0v) is 17.7. The van der Waals surface area contributed by atoms with Crippen LogP contribution in [0.1, 0.15) is 45.1 Å². The van der Waals surface area contributed by atoms with Gasteiger partial charge in [-0.25, -0.2) is 4.79 Å². The standard InChI is InChI=1S/C23H27NO6/c1-5-9-30-23(28)18-13(3)24-16-10-12(2)17(22(27)29-4)21(26)20(16)19(18)14-7-6-8-15(25)11-14/h6-8,11-12,17,19,24-25H,5,9-10H2,1-4H3/t12-,17-,19+/m0/s1. The molecule has 30 heavy (non-hydrogen) atoms. The average Bonchev–Trinajstić information content (AvgIpc) is 2.70. The maximum absolute atomic E-state index is 13.5. The van der Waals surface area contributed by atoms with Gasteiger partial charge in [0.15, 0.2) is 5.78 Å². The zero-order chi connectivity index (χ0) is 22.0. The molecule has 0 saturated carbocycles. The number of phenols is 1. The van der Waals surface area contributed by atoms with E-state index in [1.165, 1.54) is 19.2 Å². The lowest BCUT2D eigenvalue weighted by molar-refractivity contribution is -0.151. The van der Waals surface area contributed by atoms with E-state index in [-0.39, 0.29) is 24.1 Å². The van der Waals surface area contributed by atoms with Gasteiger partial charge in [-0.3, -0.25) is 9.59 Å². The third-order valence-electron chi connectivity index (χ3n) is 5.60. The third kappa shape index (κ3) is 3.84. The molecule has 0 spiro atoms. The fourth-order valence-electron chi connectivity index (χ4n) is 4.26. The van der Waals surface area contributed by atoms with Crippen LogP contribution >= 0.6 is 0 Å². The highest BCUT2D eigenvalue weighted by atomic mass is 16.5. The highest BCUT2D eigenvalue weighted by Crippen LogP contribution is 2.45. The lowest BCUT2D eigenvalue weighted by atomic mass is 9.69. The molecule has 1 aromatic carbocycles. The second-order valence-corrected chi connectivity index (χ2v) is 7.77. The van der Waals surface area contributed by atoms with Gasteiger partial charge >= 0.3 is 11.9 Å². The Kier molecular flexibility index (Phi) is 6.29.